The van der Waals surface area contributed by atoms with E-state index in [1.165, 1.54) is 10.9 Å². The molecule has 6 heteroatoms. The van der Waals surface area contributed by atoms with Gasteiger partial charge < -0.3 is 5.32 Å². The van der Waals surface area contributed by atoms with Gasteiger partial charge in [0.2, 0.25) is 0 Å². The highest BCUT2D eigenvalue weighted by atomic mass is 127. The lowest BCUT2D eigenvalue weighted by Gasteiger charge is -2.09. The van der Waals surface area contributed by atoms with Crippen molar-refractivity contribution in [3.8, 4) is 0 Å². The molecule has 21 heavy (non-hydrogen) atoms. The lowest BCUT2D eigenvalue weighted by molar-refractivity contribution is 0.0951. The van der Waals surface area contributed by atoms with Gasteiger partial charge in [0.15, 0.2) is 0 Å². The molecule has 0 saturated heterocycles. The molecule has 0 bridgehead atoms. The maximum absolute atomic E-state index is 12.0. The largest absolute Gasteiger partial charge is 0.350 e. The maximum Gasteiger partial charge on any atom is 0.256 e. The molecule has 5 nitrogen and oxygen atoms in total. The van der Waals surface area contributed by atoms with Crippen LogP contribution in [0, 0.1) is 17.4 Å². The second-order valence-electron chi connectivity index (χ2n) is 4.69. The molecule has 0 atom stereocenters. The van der Waals surface area contributed by atoms with Crippen LogP contribution in [-0.2, 0) is 6.54 Å². The molecule has 0 aliphatic rings. The molecule has 0 aliphatic heterocycles. The van der Waals surface area contributed by atoms with E-state index < -0.39 is 0 Å². The molecule has 0 saturated carbocycles. The van der Waals surface area contributed by atoms with Crippen molar-refractivity contribution in [2.24, 2.45) is 0 Å². The molecule has 0 fully saturated rings. The molecule has 0 unspecified atom stereocenters. The summed E-state index contributed by atoms with van der Waals surface area (Å²) in [6, 6.07) is 7.38. The monoisotopic (exact) mass is 397 g/mol. The Morgan fingerprint density at radius 1 is 1.33 bits per heavy atom. The van der Waals surface area contributed by atoms with E-state index in [-0.39, 0.29) is 11.5 Å². The molecule has 1 aromatic carbocycles. The number of benzene rings is 1. The third kappa shape index (κ3) is 3.69. The van der Waals surface area contributed by atoms with Crippen LogP contribution in [0.2, 0.25) is 0 Å². The van der Waals surface area contributed by atoms with Crippen LogP contribution in [0.3, 0.4) is 0 Å². The fourth-order valence-electron chi connectivity index (χ4n) is 1.87. The van der Waals surface area contributed by atoms with Crippen LogP contribution >= 0.6 is 22.6 Å². The third-order valence-corrected chi connectivity index (χ3v) is 4.21. The summed E-state index contributed by atoms with van der Waals surface area (Å²) in [4.78, 5) is 28.2. The van der Waals surface area contributed by atoms with Gasteiger partial charge in [0.1, 0.15) is 0 Å². The van der Waals surface area contributed by atoms with Crippen molar-refractivity contribution in [2.45, 2.75) is 20.4 Å². The highest BCUT2D eigenvalue weighted by Crippen LogP contribution is 2.10. The average Bonchev–Trinajstić information content (AvgIpc) is 2.47. The quantitative estimate of drug-likeness (QED) is 0.802. The standard InChI is InChI=1S/C15H16IN3O2/c1-10-11(2)18-9-19(15(10)21)8-7-17-14(20)12-5-3-4-6-13(12)16/h3-6,9H,7-8H2,1-2H3,(H,17,20). The highest BCUT2D eigenvalue weighted by Gasteiger charge is 2.09. The zero-order valence-electron chi connectivity index (χ0n) is 11.9. The summed E-state index contributed by atoms with van der Waals surface area (Å²) in [5, 5.41) is 2.82. The molecule has 0 radical (unpaired) electrons. The van der Waals surface area contributed by atoms with Crippen molar-refractivity contribution in [2.75, 3.05) is 6.54 Å². The normalized spacial score (nSPS) is 10.4. The summed E-state index contributed by atoms with van der Waals surface area (Å²) < 4.78 is 2.41. The van der Waals surface area contributed by atoms with E-state index in [9.17, 15) is 9.59 Å². The van der Waals surface area contributed by atoms with Gasteiger partial charge in [-0.2, -0.15) is 0 Å². The molecule has 1 heterocycles. The predicted molar refractivity (Wildman–Crippen MR) is 89.5 cm³/mol. The fourth-order valence-corrected chi connectivity index (χ4v) is 2.50. The van der Waals surface area contributed by atoms with Crippen LogP contribution < -0.4 is 10.9 Å². The van der Waals surface area contributed by atoms with Gasteiger partial charge in [0, 0.05) is 27.9 Å². The van der Waals surface area contributed by atoms with Crippen LogP contribution in [0.1, 0.15) is 21.6 Å². The van der Waals surface area contributed by atoms with Gasteiger partial charge in [-0.3, -0.25) is 14.2 Å². The number of rotatable bonds is 4. The summed E-state index contributed by atoms with van der Waals surface area (Å²) in [7, 11) is 0. The van der Waals surface area contributed by atoms with Crippen molar-refractivity contribution < 1.29 is 4.79 Å². The number of carbonyl (C=O) groups is 1. The molecule has 1 aromatic heterocycles. The molecular formula is C15H16IN3O2. The van der Waals surface area contributed by atoms with E-state index in [2.05, 4.69) is 32.9 Å². The minimum atomic E-state index is -0.134. The van der Waals surface area contributed by atoms with E-state index in [1.807, 2.05) is 18.2 Å². The van der Waals surface area contributed by atoms with E-state index in [0.717, 1.165) is 9.26 Å². The highest BCUT2D eigenvalue weighted by molar-refractivity contribution is 14.1. The molecule has 2 aromatic rings. The van der Waals surface area contributed by atoms with Crippen molar-refractivity contribution in [3.63, 3.8) is 0 Å². The number of hydrogen-bond acceptors (Lipinski definition) is 3. The average molecular weight is 397 g/mol. The second kappa shape index (κ2) is 6.84. The summed E-state index contributed by atoms with van der Waals surface area (Å²) in [6.07, 6.45) is 1.52. The van der Waals surface area contributed by atoms with Gasteiger partial charge >= 0.3 is 0 Å². The van der Waals surface area contributed by atoms with Crippen LogP contribution in [0.5, 0.6) is 0 Å². The van der Waals surface area contributed by atoms with Crippen molar-refractivity contribution in [3.05, 3.63) is 61.3 Å². The molecule has 0 aliphatic carbocycles. The predicted octanol–water partition coefficient (Wildman–Crippen LogP) is 1.89. The maximum atomic E-state index is 12.0. The smallest absolute Gasteiger partial charge is 0.256 e. The Hall–Kier alpha value is -1.70. The summed E-state index contributed by atoms with van der Waals surface area (Å²) in [6.45, 7) is 4.35. The van der Waals surface area contributed by atoms with Crippen LogP contribution in [0.4, 0.5) is 0 Å². The van der Waals surface area contributed by atoms with E-state index in [4.69, 9.17) is 0 Å². The number of hydrogen-bond donors (Lipinski definition) is 1. The summed E-state index contributed by atoms with van der Waals surface area (Å²) in [5.41, 5.74) is 1.95. The molecule has 2 rings (SSSR count). The van der Waals surface area contributed by atoms with Gasteiger partial charge in [0.05, 0.1) is 11.9 Å². The number of halogens is 1. The van der Waals surface area contributed by atoms with Crippen molar-refractivity contribution in [1.82, 2.24) is 14.9 Å². The molecule has 0 spiro atoms. The number of nitrogens with one attached hydrogen (secondary N) is 1. The van der Waals surface area contributed by atoms with Crippen molar-refractivity contribution >= 4 is 28.5 Å². The molecular weight excluding hydrogens is 381 g/mol. The number of aromatic nitrogens is 2. The SMILES string of the molecule is Cc1ncn(CCNC(=O)c2ccccc2I)c(=O)c1C. The van der Waals surface area contributed by atoms with E-state index >= 15 is 0 Å². The van der Waals surface area contributed by atoms with Crippen LogP contribution in [-0.4, -0.2) is 22.0 Å². The Balaban J connectivity index is 1.99. The first-order valence-electron chi connectivity index (χ1n) is 6.56. The van der Waals surface area contributed by atoms with Gasteiger partial charge in [-0.25, -0.2) is 4.98 Å². The Kier molecular flexibility index (Phi) is 5.11. The zero-order chi connectivity index (χ0) is 15.4. The van der Waals surface area contributed by atoms with Crippen LogP contribution in [0.25, 0.3) is 0 Å². The number of nitrogens with zero attached hydrogens (tertiary/aromatic N) is 2. The van der Waals surface area contributed by atoms with E-state index in [1.54, 1.807) is 19.9 Å². The Labute approximate surface area is 136 Å². The Morgan fingerprint density at radius 2 is 2.05 bits per heavy atom. The second-order valence-corrected chi connectivity index (χ2v) is 5.85. The first-order chi connectivity index (χ1) is 10.0. The number of aryl methyl sites for hydroxylation is 1. The molecule has 110 valence electrons. The van der Waals surface area contributed by atoms with Crippen molar-refractivity contribution in [1.29, 1.82) is 0 Å². The molecule has 1 N–H and O–H groups in total. The van der Waals surface area contributed by atoms with Gasteiger partial charge in [-0.05, 0) is 48.6 Å². The Morgan fingerprint density at radius 3 is 2.76 bits per heavy atom. The summed E-state index contributed by atoms with van der Waals surface area (Å²) in [5.74, 6) is -0.134. The Bertz CT molecular complexity index is 725. The van der Waals surface area contributed by atoms with Gasteiger partial charge in [0.25, 0.3) is 11.5 Å². The number of carbonyl (C=O) groups excluding carboxylic acids is 1. The van der Waals surface area contributed by atoms with Gasteiger partial charge in [-0.1, -0.05) is 12.1 Å². The number of amides is 1. The lowest BCUT2D eigenvalue weighted by Crippen LogP contribution is -2.32. The van der Waals surface area contributed by atoms with E-state index in [0.29, 0.717) is 24.2 Å². The third-order valence-electron chi connectivity index (χ3n) is 3.27. The zero-order valence-corrected chi connectivity index (χ0v) is 14.0. The minimum absolute atomic E-state index is 0.0639. The first-order valence-corrected chi connectivity index (χ1v) is 7.64. The fraction of sp³-hybridized carbons (Fsp3) is 0.267. The molecule has 1 amide bonds. The minimum Gasteiger partial charge on any atom is -0.350 e. The van der Waals surface area contributed by atoms with Crippen LogP contribution in [0.15, 0.2) is 35.4 Å². The lowest BCUT2D eigenvalue weighted by atomic mass is 10.2. The first kappa shape index (κ1) is 15.7. The van der Waals surface area contributed by atoms with Gasteiger partial charge in [-0.15, -0.1) is 0 Å². The topological polar surface area (TPSA) is 64.0 Å². The summed E-state index contributed by atoms with van der Waals surface area (Å²) >= 11 is 2.13.